The minimum atomic E-state index is -0.929. The van der Waals surface area contributed by atoms with Crippen LogP contribution in [-0.2, 0) is 16.1 Å². The molecule has 0 aliphatic rings. The van der Waals surface area contributed by atoms with Crippen molar-refractivity contribution in [1.82, 2.24) is 15.0 Å². The van der Waals surface area contributed by atoms with Crippen LogP contribution in [0.4, 0.5) is 0 Å². The van der Waals surface area contributed by atoms with Crippen LogP contribution in [0, 0.1) is 0 Å². The number of aromatic hydroxyl groups is 1. The summed E-state index contributed by atoms with van der Waals surface area (Å²) in [6.07, 6.45) is 3.03. The Morgan fingerprint density at radius 1 is 1.15 bits per heavy atom. The number of methoxy groups -OCH3 is 1. The van der Waals surface area contributed by atoms with Crippen molar-refractivity contribution in [1.29, 1.82) is 0 Å². The van der Waals surface area contributed by atoms with Gasteiger partial charge in [0.1, 0.15) is 25.2 Å². The fraction of sp³-hybridized carbons (Fsp3) is 0.130. The zero-order valence-electron chi connectivity index (χ0n) is 17.5. The van der Waals surface area contributed by atoms with E-state index in [-0.39, 0.29) is 17.5 Å². The molecule has 0 saturated heterocycles. The molecule has 2 heterocycles. The van der Waals surface area contributed by atoms with Gasteiger partial charge in [-0.1, -0.05) is 24.3 Å². The summed E-state index contributed by atoms with van der Waals surface area (Å²) < 4.78 is 10.7. The molecule has 2 aromatic heterocycles. The first-order chi connectivity index (χ1) is 16.0. The van der Waals surface area contributed by atoms with Crippen LogP contribution in [0.25, 0.3) is 22.4 Å². The van der Waals surface area contributed by atoms with Gasteiger partial charge < -0.3 is 24.4 Å². The number of fused-ring (bicyclic) bond motifs is 1. The summed E-state index contributed by atoms with van der Waals surface area (Å²) in [5, 5.41) is 13.1. The van der Waals surface area contributed by atoms with E-state index in [0.717, 1.165) is 15.9 Å². The molecule has 4 rings (SSSR count). The van der Waals surface area contributed by atoms with Gasteiger partial charge in [0.15, 0.2) is 5.56 Å². The van der Waals surface area contributed by atoms with Crippen molar-refractivity contribution in [3.8, 4) is 17.2 Å². The number of nitrogens with one attached hydrogen (secondary N) is 1. The van der Waals surface area contributed by atoms with Crippen molar-refractivity contribution in [2.24, 2.45) is 0 Å². The molecule has 0 unspecified atom stereocenters. The highest BCUT2D eigenvalue weighted by Crippen LogP contribution is 2.26. The second-order valence-electron chi connectivity index (χ2n) is 6.91. The van der Waals surface area contributed by atoms with Crippen molar-refractivity contribution in [2.75, 3.05) is 13.7 Å². The number of hydrogen-bond donors (Lipinski definition) is 2. The van der Waals surface area contributed by atoms with E-state index < -0.39 is 35.3 Å². The molecule has 2 aromatic carbocycles. The summed E-state index contributed by atoms with van der Waals surface area (Å²) in [6, 6.07) is 13.6. The molecule has 1 amide bonds. The summed E-state index contributed by atoms with van der Waals surface area (Å²) in [6.45, 7) is -0.456. The molecule has 10 heteroatoms. The lowest BCUT2D eigenvalue weighted by Gasteiger charge is -2.15. The highest BCUT2D eigenvalue weighted by molar-refractivity contribution is 6.03. The fourth-order valence-corrected chi connectivity index (χ4v) is 3.19. The SMILES string of the molecule is COC(=O)CNC(=O)c1c(O)c2ccccc2n(OCc2ccc(-c3ncco3)cc2)c1=O. The number of benzene rings is 2. The van der Waals surface area contributed by atoms with Gasteiger partial charge in [0.2, 0.25) is 5.89 Å². The van der Waals surface area contributed by atoms with Crippen LogP contribution in [0.3, 0.4) is 0 Å². The zero-order valence-corrected chi connectivity index (χ0v) is 17.5. The van der Waals surface area contributed by atoms with E-state index in [1.54, 1.807) is 54.7 Å². The number of esters is 1. The lowest BCUT2D eigenvalue weighted by Crippen LogP contribution is -2.37. The molecule has 0 aliphatic carbocycles. The molecule has 0 bridgehead atoms. The predicted molar refractivity (Wildman–Crippen MR) is 116 cm³/mol. The number of carbonyl (C=O) groups excluding carboxylic acids is 2. The maximum Gasteiger partial charge on any atom is 0.325 e. The van der Waals surface area contributed by atoms with E-state index in [1.807, 2.05) is 0 Å². The number of ether oxygens (including phenoxy) is 1. The molecule has 4 aromatic rings. The van der Waals surface area contributed by atoms with Crippen molar-refractivity contribution in [2.45, 2.75) is 6.61 Å². The molecule has 33 heavy (non-hydrogen) atoms. The molecule has 0 saturated carbocycles. The van der Waals surface area contributed by atoms with E-state index in [0.29, 0.717) is 5.89 Å². The van der Waals surface area contributed by atoms with Crippen LogP contribution >= 0.6 is 0 Å². The fourth-order valence-electron chi connectivity index (χ4n) is 3.19. The Kier molecular flexibility index (Phi) is 6.07. The molecular weight excluding hydrogens is 430 g/mol. The van der Waals surface area contributed by atoms with Gasteiger partial charge in [0.05, 0.1) is 18.8 Å². The quantitative estimate of drug-likeness (QED) is 0.409. The van der Waals surface area contributed by atoms with Gasteiger partial charge in [0, 0.05) is 10.9 Å². The number of pyridine rings is 1. The summed E-state index contributed by atoms with van der Waals surface area (Å²) in [4.78, 5) is 46.8. The molecule has 0 aliphatic heterocycles. The Morgan fingerprint density at radius 3 is 2.61 bits per heavy atom. The van der Waals surface area contributed by atoms with Crippen molar-refractivity contribution < 1.29 is 28.7 Å². The topological polar surface area (TPSA) is 133 Å². The van der Waals surface area contributed by atoms with E-state index >= 15 is 0 Å². The lowest BCUT2D eigenvalue weighted by molar-refractivity contribution is -0.139. The third-order valence-electron chi connectivity index (χ3n) is 4.85. The Hall–Kier alpha value is -4.60. The second kappa shape index (κ2) is 9.27. The Balaban J connectivity index is 1.64. The van der Waals surface area contributed by atoms with Gasteiger partial charge in [-0.25, -0.2) is 4.98 Å². The molecule has 0 radical (unpaired) electrons. The Labute approximate surface area is 187 Å². The first-order valence-electron chi connectivity index (χ1n) is 9.83. The third-order valence-corrected chi connectivity index (χ3v) is 4.85. The minimum absolute atomic E-state index is 0.00373. The highest BCUT2D eigenvalue weighted by Gasteiger charge is 2.23. The second-order valence-corrected chi connectivity index (χ2v) is 6.91. The molecule has 10 nitrogen and oxygen atoms in total. The number of nitrogens with zero attached hydrogens (tertiary/aromatic N) is 2. The first kappa shape index (κ1) is 21.6. The highest BCUT2D eigenvalue weighted by atomic mass is 16.7. The summed E-state index contributed by atoms with van der Waals surface area (Å²) in [7, 11) is 1.17. The van der Waals surface area contributed by atoms with Gasteiger partial charge in [-0.2, -0.15) is 0 Å². The van der Waals surface area contributed by atoms with E-state index in [4.69, 9.17) is 9.25 Å². The van der Waals surface area contributed by atoms with Crippen molar-refractivity contribution in [3.05, 3.63) is 82.5 Å². The number of carbonyl (C=O) groups is 2. The van der Waals surface area contributed by atoms with Crippen molar-refractivity contribution >= 4 is 22.8 Å². The number of para-hydroxylation sites is 1. The molecule has 0 spiro atoms. The third kappa shape index (κ3) is 4.40. The van der Waals surface area contributed by atoms with Gasteiger partial charge in [-0.05, 0) is 29.8 Å². The monoisotopic (exact) mass is 449 g/mol. The molecule has 168 valence electrons. The maximum atomic E-state index is 13.1. The predicted octanol–water partition coefficient (Wildman–Crippen LogP) is 1.89. The van der Waals surface area contributed by atoms with Crippen LogP contribution in [0.1, 0.15) is 15.9 Å². The number of aromatic nitrogens is 2. The average Bonchev–Trinajstić information content (AvgIpc) is 3.38. The molecule has 0 fully saturated rings. The van der Waals surface area contributed by atoms with Gasteiger partial charge in [-0.3, -0.25) is 14.4 Å². The molecule has 2 N–H and O–H groups in total. The van der Waals surface area contributed by atoms with Gasteiger partial charge >= 0.3 is 5.97 Å². The number of oxazole rings is 1. The molecule has 0 atom stereocenters. The van der Waals surface area contributed by atoms with Crippen LogP contribution in [0.2, 0.25) is 0 Å². The Morgan fingerprint density at radius 2 is 1.91 bits per heavy atom. The smallest absolute Gasteiger partial charge is 0.325 e. The summed E-state index contributed by atoms with van der Waals surface area (Å²) >= 11 is 0. The molecular formula is C23H19N3O7. The van der Waals surface area contributed by atoms with Crippen LogP contribution < -0.4 is 15.7 Å². The lowest BCUT2D eigenvalue weighted by atomic mass is 10.1. The van der Waals surface area contributed by atoms with Gasteiger partial charge in [0.25, 0.3) is 11.5 Å². The Bertz CT molecular complexity index is 1360. The standard InChI is InChI=1S/C23H19N3O7/c1-31-18(27)12-25-21(29)19-20(28)16-4-2-3-5-17(16)26(23(19)30)33-13-14-6-8-15(9-7-14)22-24-10-11-32-22/h2-11,28H,12-13H2,1H3,(H,25,29). The van der Waals surface area contributed by atoms with Crippen LogP contribution in [0.15, 0.2) is 70.2 Å². The van der Waals surface area contributed by atoms with Crippen LogP contribution in [0.5, 0.6) is 5.75 Å². The largest absolute Gasteiger partial charge is 0.506 e. The number of hydrogen-bond acceptors (Lipinski definition) is 8. The van der Waals surface area contributed by atoms with E-state index in [9.17, 15) is 19.5 Å². The first-order valence-corrected chi connectivity index (χ1v) is 9.83. The van der Waals surface area contributed by atoms with Gasteiger partial charge in [-0.15, -0.1) is 4.73 Å². The number of rotatable bonds is 7. The zero-order chi connectivity index (χ0) is 23.4. The summed E-state index contributed by atoms with van der Waals surface area (Å²) in [5.41, 5.74) is 0.384. The number of amides is 1. The average molecular weight is 449 g/mol. The van der Waals surface area contributed by atoms with E-state index in [2.05, 4.69) is 15.0 Å². The summed E-state index contributed by atoms with van der Waals surface area (Å²) in [5.74, 6) is -1.66. The van der Waals surface area contributed by atoms with Crippen molar-refractivity contribution in [3.63, 3.8) is 0 Å². The maximum absolute atomic E-state index is 13.1. The van der Waals surface area contributed by atoms with Crippen LogP contribution in [-0.4, -0.2) is 40.4 Å². The normalized spacial score (nSPS) is 10.7. The minimum Gasteiger partial charge on any atom is -0.506 e. The van der Waals surface area contributed by atoms with E-state index in [1.165, 1.54) is 13.4 Å².